The van der Waals surface area contributed by atoms with Crippen molar-refractivity contribution in [2.45, 2.75) is 6.42 Å². The summed E-state index contributed by atoms with van der Waals surface area (Å²) < 4.78 is 3.22. The van der Waals surface area contributed by atoms with Crippen LogP contribution >= 0.6 is 0 Å². The van der Waals surface area contributed by atoms with Crippen LogP contribution in [-0.4, -0.2) is 8.96 Å². The summed E-state index contributed by atoms with van der Waals surface area (Å²) in [6, 6.07) is 0. The molecular formula is C11H12V2. The predicted octanol–water partition coefficient (Wildman–Crippen LogP) is 2.30. The first-order valence-corrected chi connectivity index (χ1v) is 5.45. The Morgan fingerprint density at radius 2 is 1.92 bits per heavy atom. The molecule has 0 N–H and O–H groups in total. The van der Waals surface area contributed by atoms with E-state index < -0.39 is 0 Å². The van der Waals surface area contributed by atoms with E-state index in [2.05, 4.69) is 46.6 Å². The van der Waals surface area contributed by atoms with Gasteiger partial charge in [-0.3, -0.25) is 0 Å². The third kappa shape index (κ3) is 9.79. The second kappa shape index (κ2) is 9.95. The molecule has 0 fully saturated rings. The zero-order chi connectivity index (χ0) is 9.94. The Kier molecular flexibility index (Phi) is 9.85. The molecule has 0 atom stereocenters. The Bertz CT molecular complexity index is 257. The summed E-state index contributed by atoms with van der Waals surface area (Å²) in [6.07, 6.45) is 14.9. The van der Waals surface area contributed by atoms with E-state index in [9.17, 15) is 0 Å². The number of allylic oxidation sites excluding steroid dienone is 7. The van der Waals surface area contributed by atoms with Gasteiger partial charge in [0.2, 0.25) is 0 Å². The van der Waals surface area contributed by atoms with E-state index >= 15 is 0 Å². The van der Waals surface area contributed by atoms with Crippen LogP contribution in [0.1, 0.15) is 6.42 Å². The van der Waals surface area contributed by atoms with E-state index in [1.54, 1.807) is 6.08 Å². The summed E-state index contributed by atoms with van der Waals surface area (Å²) in [6.45, 7) is 3.61. The van der Waals surface area contributed by atoms with Gasteiger partial charge in [-0.25, -0.2) is 0 Å². The molecule has 0 aromatic rings. The van der Waals surface area contributed by atoms with Gasteiger partial charge in [0, 0.05) is 0 Å². The number of hydrogen-bond acceptors (Lipinski definition) is 0. The summed E-state index contributed by atoms with van der Waals surface area (Å²) in [5.41, 5.74) is 0. The first kappa shape index (κ1) is 12.9. The minimum atomic E-state index is 0.966. The molecule has 0 aliphatic heterocycles. The molecule has 0 radical (unpaired) electrons. The van der Waals surface area contributed by atoms with E-state index in [0.29, 0.717) is 0 Å². The van der Waals surface area contributed by atoms with Gasteiger partial charge >= 0.3 is 98.4 Å². The van der Waals surface area contributed by atoms with E-state index in [1.165, 1.54) is 4.23 Å². The third-order valence-electron chi connectivity index (χ3n) is 1.20. The number of rotatable bonds is 6. The van der Waals surface area contributed by atoms with Crippen LogP contribution < -0.4 is 0 Å². The Morgan fingerprint density at radius 1 is 1.15 bits per heavy atom. The second-order valence-electron chi connectivity index (χ2n) is 2.25. The zero-order valence-corrected chi connectivity index (χ0v) is 10.2. The van der Waals surface area contributed by atoms with E-state index in [-0.39, 0.29) is 0 Å². The fourth-order valence-electron chi connectivity index (χ4n) is 0.628. The van der Waals surface area contributed by atoms with Crippen LogP contribution in [0.3, 0.4) is 0 Å². The fraction of sp³-hybridized carbons (Fsp3) is 0.0909. The van der Waals surface area contributed by atoms with Crippen molar-refractivity contribution in [3.63, 3.8) is 0 Å². The van der Waals surface area contributed by atoms with Gasteiger partial charge in [-0.05, 0) is 0 Å². The van der Waals surface area contributed by atoms with Crippen molar-refractivity contribution < 1.29 is 34.0 Å². The van der Waals surface area contributed by atoms with E-state index in [0.717, 1.165) is 6.42 Å². The maximum atomic E-state index is 3.61. The Balaban J connectivity index is 3.75. The van der Waals surface area contributed by atoms with E-state index in [4.69, 9.17) is 0 Å². The monoisotopic (exact) mass is 246 g/mol. The van der Waals surface area contributed by atoms with Crippen molar-refractivity contribution >= 4 is 8.96 Å². The third-order valence-corrected chi connectivity index (χ3v) is 1.98. The Morgan fingerprint density at radius 3 is 2.54 bits per heavy atom. The van der Waals surface area contributed by atoms with Crippen LogP contribution in [0.15, 0.2) is 49.1 Å². The van der Waals surface area contributed by atoms with E-state index in [1.807, 2.05) is 35.1 Å². The van der Waals surface area contributed by atoms with Crippen LogP contribution in [0.2, 0.25) is 0 Å². The van der Waals surface area contributed by atoms with Crippen LogP contribution in [0.25, 0.3) is 0 Å². The van der Waals surface area contributed by atoms with Gasteiger partial charge < -0.3 is 0 Å². The quantitative estimate of drug-likeness (QED) is 0.631. The molecule has 0 aromatic carbocycles. The van der Waals surface area contributed by atoms with Crippen molar-refractivity contribution in [3.8, 4) is 0 Å². The molecule has 0 aromatic heterocycles. The molecule has 2 heteroatoms. The molecule has 0 amide bonds. The van der Waals surface area contributed by atoms with Gasteiger partial charge in [-0.1, -0.05) is 0 Å². The molecule has 0 heterocycles. The molecule has 0 rings (SSSR count). The molecule has 0 unspecified atom stereocenters. The van der Waals surface area contributed by atoms with Gasteiger partial charge in [0.25, 0.3) is 0 Å². The normalized spacial score (nSPS) is 11.2. The topological polar surface area (TPSA) is 0 Å². The Labute approximate surface area is 98.1 Å². The van der Waals surface area contributed by atoms with Crippen molar-refractivity contribution in [2.75, 3.05) is 0 Å². The molecule has 66 valence electrons. The van der Waals surface area contributed by atoms with Gasteiger partial charge in [-0.15, -0.1) is 0 Å². The average molecular weight is 246 g/mol. The molecule has 0 saturated heterocycles. The maximum absolute atomic E-state index is 3.61. The summed E-state index contributed by atoms with van der Waals surface area (Å²) in [4.78, 5) is 0. The SMILES string of the molecule is C=CC=C[C](=[V])CC=CC=C[CH]=[V]. The summed E-state index contributed by atoms with van der Waals surface area (Å²) in [5, 5.41) is 0. The first-order chi connectivity index (χ1) is 6.31. The van der Waals surface area contributed by atoms with Crippen molar-refractivity contribution in [1.82, 2.24) is 0 Å². The zero-order valence-electron chi connectivity index (χ0n) is 7.43. The molecule has 0 spiro atoms. The summed E-state index contributed by atoms with van der Waals surface area (Å²) in [5.74, 6) is 0. The number of hydrogen-bond donors (Lipinski definition) is 0. The average Bonchev–Trinajstić information content (AvgIpc) is 2.14. The molecular weight excluding hydrogens is 234 g/mol. The van der Waals surface area contributed by atoms with Crippen LogP contribution in [0.4, 0.5) is 0 Å². The summed E-state index contributed by atoms with van der Waals surface area (Å²) >= 11 is 4.95. The van der Waals surface area contributed by atoms with Gasteiger partial charge in [0.05, 0.1) is 0 Å². The second-order valence-corrected chi connectivity index (χ2v) is 3.61. The Hall–Kier alpha value is -0.131. The molecule has 0 nitrogen and oxygen atoms in total. The first-order valence-electron chi connectivity index (χ1n) is 3.94. The molecule has 0 aliphatic rings. The van der Waals surface area contributed by atoms with Gasteiger partial charge in [0.1, 0.15) is 0 Å². The summed E-state index contributed by atoms with van der Waals surface area (Å²) in [7, 11) is 0. The molecule has 13 heavy (non-hydrogen) atoms. The van der Waals surface area contributed by atoms with Gasteiger partial charge in [-0.2, -0.15) is 0 Å². The molecule has 0 aliphatic carbocycles. The van der Waals surface area contributed by atoms with Crippen LogP contribution in [0, 0.1) is 0 Å². The van der Waals surface area contributed by atoms with Crippen molar-refractivity contribution in [3.05, 3.63) is 49.1 Å². The van der Waals surface area contributed by atoms with Gasteiger partial charge in [0.15, 0.2) is 0 Å². The standard InChI is InChI=1S/C11H12.2V/c1-3-5-7-9-11-10-8-6-4-2;;/h1,3-9H,2,11H2;;. The molecule has 0 saturated carbocycles. The van der Waals surface area contributed by atoms with Crippen molar-refractivity contribution in [1.29, 1.82) is 0 Å². The predicted molar refractivity (Wildman–Crippen MR) is 53.3 cm³/mol. The minimum absolute atomic E-state index is 0.966. The fourth-order valence-corrected chi connectivity index (χ4v) is 1.08. The van der Waals surface area contributed by atoms with Crippen LogP contribution in [0.5, 0.6) is 0 Å². The van der Waals surface area contributed by atoms with Crippen molar-refractivity contribution in [2.24, 2.45) is 0 Å². The van der Waals surface area contributed by atoms with Crippen LogP contribution in [-0.2, 0) is 34.0 Å². The molecule has 0 bridgehead atoms.